The minimum atomic E-state index is -0.979. The molecule has 1 aromatic rings. The third-order valence-electron chi connectivity index (χ3n) is 2.43. The molecule has 0 aliphatic heterocycles. The first kappa shape index (κ1) is 13.3. The van der Waals surface area contributed by atoms with Crippen LogP contribution in [0.15, 0.2) is 30.3 Å². The molecule has 0 saturated carbocycles. The highest BCUT2D eigenvalue weighted by Gasteiger charge is 2.19. The topological polar surface area (TPSA) is 92.4 Å². The lowest BCUT2D eigenvalue weighted by atomic mass is 10.1. The molecule has 0 bridgehead atoms. The zero-order chi connectivity index (χ0) is 12.7. The third-order valence-corrected chi connectivity index (χ3v) is 2.43. The number of aldehydes is 1. The molecule has 0 aliphatic rings. The van der Waals surface area contributed by atoms with Gasteiger partial charge in [-0.1, -0.05) is 30.3 Å². The molecular formula is C12H16N2O3. The predicted molar refractivity (Wildman–Crippen MR) is 63.4 cm³/mol. The Kier molecular flexibility index (Phi) is 5.32. The van der Waals surface area contributed by atoms with Gasteiger partial charge in [-0.25, -0.2) is 0 Å². The Morgan fingerprint density at radius 2 is 2.06 bits per heavy atom. The van der Waals surface area contributed by atoms with Gasteiger partial charge in [0, 0.05) is 12.6 Å². The summed E-state index contributed by atoms with van der Waals surface area (Å²) in [6.45, 7) is 0.486. The average molecular weight is 236 g/mol. The minimum Gasteiger partial charge on any atom is -0.481 e. The molecule has 0 saturated heterocycles. The number of aliphatic carboxylic acids is 1. The Morgan fingerprint density at radius 3 is 2.59 bits per heavy atom. The molecule has 0 aliphatic carbocycles. The van der Waals surface area contributed by atoms with Gasteiger partial charge in [0.05, 0.1) is 12.5 Å². The molecule has 2 atom stereocenters. The Bertz CT molecular complexity index is 367. The van der Waals surface area contributed by atoms with Gasteiger partial charge in [0.1, 0.15) is 6.29 Å². The van der Waals surface area contributed by atoms with Crippen molar-refractivity contribution < 1.29 is 14.7 Å². The van der Waals surface area contributed by atoms with Crippen LogP contribution in [0.25, 0.3) is 0 Å². The first-order chi connectivity index (χ1) is 8.13. The molecule has 92 valence electrons. The lowest BCUT2D eigenvalue weighted by Crippen LogP contribution is -2.47. The molecule has 1 aromatic carbocycles. The van der Waals surface area contributed by atoms with Gasteiger partial charge in [0.2, 0.25) is 0 Å². The van der Waals surface area contributed by atoms with E-state index in [1.54, 1.807) is 0 Å². The van der Waals surface area contributed by atoms with Gasteiger partial charge in [-0.3, -0.25) is 4.79 Å². The van der Waals surface area contributed by atoms with Gasteiger partial charge in [-0.05, 0) is 5.56 Å². The second kappa shape index (κ2) is 6.78. The van der Waals surface area contributed by atoms with Crippen LogP contribution in [-0.4, -0.2) is 29.4 Å². The van der Waals surface area contributed by atoms with Crippen molar-refractivity contribution in [3.05, 3.63) is 35.9 Å². The summed E-state index contributed by atoms with van der Waals surface area (Å²) in [5.74, 6) is -0.979. The monoisotopic (exact) mass is 236 g/mol. The molecule has 0 radical (unpaired) electrons. The highest BCUT2D eigenvalue weighted by Crippen LogP contribution is 2.01. The number of hydrogen-bond acceptors (Lipinski definition) is 4. The van der Waals surface area contributed by atoms with Crippen molar-refractivity contribution in [1.82, 2.24) is 5.32 Å². The van der Waals surface area contributed by atoms with Crippen molar-refractivity contribution in [1.29, 1.82) is 0 Å². The summed E-state index contributed by atoms with van der Waals surface area (Å²) < 4.78 is 0. The van der Waals surface area contributed by atoms with Crippen LogP contribution in [0.1, 0.15) is 12.0 Å². The summed E-state index contributed by atoms with van der Waals surface area (Å²) in [7, 11) is 0. The number of carboxylic acid groups (broad SMARTS) is 1. The van der Waals surface area contributed by atoms with Gasteiger partial charge >= 0.3 is 5.97 Å². The van der Waals surface area contributed by atoms with Crippen molar-refractivity contribution >= 4 is 12.3 Å². The molecule has 5 nitrogen and oxygen atoms in total. The zero-order valence-corrected chi connectivity index (χ0v) is 9.37. The molecular weight excluding hydrogens is 220 g/mol. The molecule has 0 spiro atoms. The van der Waals surface area contributed by atoms with Crippen molar-refractivity contribution in [2.24, 2.45) is 5.73 Å². The largest absolute Gasteiger partial charge is 0.481 e. The van der Waals surface area contributed by atoms with E-state index in [2.05, 4.69) is 5.32 Å². The van der Waals surface area contributed by atoms with Crippen LogP contribution >= 0.6 is 0 Å². The molecule has 0 fully saturated rings. The van der Waals surface area contributed by atoms with Crippen molar-refractivity contribution in [3.8, 4) is 0 Å². The predicted octanol–water partition coefficient (Wildman–Crippen LogP) is 0.146. The number of hydrogen-bond donors (Lipinski definition) is 3. The van der Waals surface area contributed by atoms with Crippen LogP contribution in [0.4, 0.5) is 0 Å². The molecule has 1 rings (SSSR count). The summed E-state index contributed by atoms with van der Waals surface area (Å²) in [5, 5.41) is 11.7. The summed E-state index contributed by atoms with van der Waals surface area (Å²) >= 11 is 0. The van der Waals surface area contributed by atoms with E-state index < -0.39 is 18.1 Å². The van der Waals surface area contributed by atoms with E-state index in [0.717, 1.165) is 5.56 Å². The van der Waals surface area contributed by atoms with E-state index in [4.69, 9.17) is 10.8 Å². The van der Waals surface area contributed by atoms with Gasteiger partial charge in [0.15, 0.2) is 0 Å². The average Bonchev–Trinajstić information content (AvgIpc) is 2.34. The van der Waals surface area contributed by atoms with Gasteiger partial charge in [0.25, 0.3) is 0 Å². The van der Waals surface area contributed by atoms with E-state index in [-0.39, 0.29) is 6.42 Å². The Morgan fingerprint density at radius 1 is 1.41 bits per heavy atom. The highest BCUT2D eigenvalue weighted by molar-refractivity contribution is 5.69. The normalized spacial score (nSPS) is 13.9. The van der Waals surface area contributed by atoms with E-state index in [9.17, 15) is 9.59 Å². The summed E-state index contributed by atoms with van der Waals surface area (Å²) in [4.78, 5) is 21.2. The third kappa shape index (κ3) is 4.76. The SMILES string of the molecule is N[C@H](C=O)C(CC(=O)O)NCc1ccccc1. The number of rotatable bonds is 7. The molecule has 0 heterocycles. The standard InChI is InChI=1S/C12H16N2O3/c13-10(8-15)11(6-12(16)17)14-7-9-4-2-1-3-5-9/h1-5,8,10-11,14H,6-7,13H2,(H,16,17)/t10-,11?/m1/s1. The fourth-order valence-corrected chi connectivity index (χ4v) is 1.47. The molecule has 0 amide bonds. The second-order valence-electron chi connectivity index (χ2n) is 3.78. The van der Waals surface area contributed by atoms with E-state index in [1.165, 1.54) is 0 Å². The maximum absolute atomic E-state index is 10.6. The zero-order valence-electron chi connectivity index (χ0n) is 9.37. The Labute approximate surface area is 99.6 Å². The first-order valence-corrected chi connectivity index (χ1v) is 5.33. The summed E-state index contributed by atoms with van der Waals surface area (Å²) in [6.07, 6.45) is 0.387. The van der Waals surface area contributed by atoms with Crippen LogP contribution in [0.2, 0.25) is 0 Å². The number of carboxylic acids is 1. The number of carbonyl (C=O) groups is 2. The highest BCUT2D eigenvalue weighted by atomic mass is 16.4. The van der Waals surface area contributed by atoms with E-state index in [0.29, 0.717) is 12.8 Å². The number of carbonyl (C=O) groups excluding carboxylic acids is 1. The van der Waals surface area contributed by atoms with Gasteiger partial charge in [-0.2, -0.15) is 0 Å². The van der Waals surface area contributed by atoms with Crippen molar-refractivity contribution in [2.45, 2.75) is 25.0 Å². The molecule has 17 heavy (non-hydrogen) atoms. The Balaban J connectivity index is 2.54. The lowest BCUT2D eigenvalue weighted by Gasteiger charge is -2.19. The quantitative estimate of drug-likeness (QED) is 0.586. The fourth-order valence-electron chi connectivity index (χ4n) is 1.47. The maximum atomic E-state index is 10.6. The van der Waals surface area contributed by atoms with Gasteiger partial charge in [-0.15, -0.1) is 0 Å². The summed E-state index contributed by atoms with van der Waals surface area (Å²) in [5.41, 5.74) is 6.55. The van der Waals surface area contributed by atoms with E-state index in [1.807, 2.05) is 30.3 Å². The lowest BCUT2D eigenvalue weighted by molar-refractivity contribution is -0.137. The van der Waals surface area contributed by atoms with Crippen molar-refractivity contribution in [2.75, 3.05) is 0 Å². The van der Waals surface area contributed by atoms with E-state index >= 15 is 0 Å². The molecule has 1 unspecified atom stereocenters. The van der Waals surface area contributed by atoms with Crippen molar-refractivity contribution in [3.63, 3.8) is 0 Å². The molecule has 4 N–H and O–H groups in total. The van der Waals surface area contributed by atoms with Crippen LogP contribution in [0.5, 0.6) is 0 Å². The Hall–Kier alpha value is -1.72. The van der Waals surface area contributed by atoms with Gasteiger partial charge < -0.3 is 21.0 Å². The minimum absolute atomic E-state index is 0.174. The van der Waals surface area contributed by atoms with Crippen LogP contribution in [0, 0.1) is 0 Å². The van der Waals surface area contributed by atoms with Crippen LogP contribution < -0.4 is 11.1 Å². The van der Waals surface area contributed by atoms with Crippen LogP contribution in [-0.2, 0) is 16.1 Å². The molecule has 0 aromatic heterocycles. The first-order valence-electron chi connectivity index (χ1n) is 5.33. The number of benzene rings is 1. The smallest absolute Gasteiger partial charge is 0.305 e. The number of nitrogens with two attached hydrogens (primary N) is 1. The second-order valence-corrected chi connectivity index (χ2v) is 3.78. The fraction of sp³-hybridized carbons (Fsp3) is 0.333. The summed E-state index contributed by atoms with van der Waals surface area (Å²) in [6, 6.07) is 8.15. The molecule has 5 heteroatoms. The van der Waals surface area contributed by atoms with Crippen LogP contribution in [0.3, 0.4) is 0 Å². The maximum Gasteiger partial charge on any atom is 0.305 e. The number of nitrogens with one attached hydrogen (secondary N) is 1.